The van der Waals surface area contributed by atoms with Gasteiger partial charge in [0.2, 0.25) is 0 Å². The van der Waals surface area contributed by atoms with Gasteiger partial charge in [0.1, 0.15) is 5.78 Å². The monoisotopic (exact) mass is 319 g/mol. The molecule has 0 aromatic heterocycles. The van der Waals surface area contributed by atoms with Crippen LogP contribution < -0.4 is 4.90 Å². The summed E-state index contributed by atoms with van der Waals surface area (Å²) in [5.74, 6) is 0.692. The normalized spacial score (nSPS) is 27.0. The highest BCUT2D eigenvalue weighted by atomic mass is 16.1. The van der Waals surface area contributed by atoms with Crippen molar-refractivity contribution in [2.75, 3.05) is 4.90 Å². The number of aryl methyl sites for hydroxylation is 1. The van der Waals surface area contributed by atoms with E-state index in [2.05, 4.69) is 60.4 Å². The number of piperidine rings is 1. The Balaban J connectivity index is 1.78. The highest BCUT2D eigenvalue weighted by Crippen LogP contribution is 2.44. The zero-order valence-electron chi connectivity index (χ0n) is 14.3. The summed E-state index contributed by atoms with van der Waals surface area (Å²) in [5.41, 5.74) is 3.80. The number of carbonyl (C=O) groups is 1. The zero-order chi connectivity index (χ0) is 16.5. The highest BCUT2D eigenvalue weighted by molar-refractivity contribution is 5.85. The van der Waals surface area contributed by atoms with E-state index in [1.807, 2.05) is 6.07 Å². The predicted octanol–water partition coefficient (Wildman–Crippen LogP) is 5.07. The first-order valence-corrected chi connectivity index (χ1v) is 9.17. The molecule has 0 amide bonds. The molecule has 2 fully saturated rings. The average molecular weight is 319 g/mol. The number of fused-ring (bicyclic) bond motifs is 1. The maximum atomic E-state index is 12.8. The van der Waals surface area contributed by atoms with E-state index in [1.54, 1.807) is 0 Å². The first-order chi connectivity index (χ1) is 11.7. The van der Waals surface area contributed by atoms with Gasteiger partial charge >= 0.3 is 0 Å². The quantitative estimate of drug-likeness (QED) is 0.770. The first-order valence-electron chi connectivity index (χ1n) is 9.17. The maximum Gasteiger partial charge on any atom is 0.140 e. The van der Waals surface area contributed by atoms with Gasteiger partial charge in [-0.1, -0.05) is 60.9 Å². The van der Waals surface area contributed by atoms with Crippen molar-refractivity contribution in [3.63, 3.8) is 0 Å². The lowest BCUT2D eigenvalue weighted by Crippen LogP contribution is -2.52. The van der Waals surface area contributed by atoms with Crippen molar-refractivity contribution in [1.29, 1.82) is 0 Å². The fourth-order valence-electron chi connectivity index (χ4n) is 4.53. The van der Waals surface area contributed by atoms with Gasteiger partial charge in [-0.05, 0) is 37.5 Å². The molecule has 124 valence electrons. The molecule has 1 saturated heterocycles. The Labute approximate surface area is 144 Å². The zero-order valence-corrected chi connectivity index (χ0v) is 14.3. The number of rotatable bonds is 2. The van der Waals surface area contributed by atoms with Gasteiger partial charge in [-0.15, -0.1) is 0 Å². The minimum absolute atomic E-state index is 0.167. The molecule has 3 atom stereocenters. The van der Waals surface area contributed by atoms with Gasteiger partial charge in [0, 0.05) is 24.1 Å². The number of carbonyl (C=O) groups excluding carboxylic acids is 1. The highest BCUT2D eigenvalue weighted by Gasteiger charge is 2.43. The molecule has 1 heterocycles. The van der Waals surface area contributed by atoms with Gasteiger partial charge in [-0.25, -0.2) is 0 Å². The minimum atomic E-state index is 0.167. The van der Waals surface area contributed by atoms with E-state index in [-0.39, 0.29) is 12.0 Å². The lowest BCUT2D eigenvalue weighted by Gasteiger charge is -2.49. The molecule has 2 aromatic rings. The molecule has 4 rings (SSSR count). The summed E-state index contributed by atoms with van der Waals surface area (Å²) in [6, 6.07) is 19.9. The van der Waals surface area contributed by atoms with Gasteiger partial charge in [-0.3, -0.25) is 4.79 Å². The third-order valence-electron chi connectivity index (χ3n) is 5.75. The fraction of sp³-hybridized carbons (Fsp3) is 0.409. The number of hydrogen-bond acceptors (Lipinski definition) is 2. The fourth-order valence-corrected chi connectivity index (χ4v) is 4.53. The molecule has 24 heavy (non-hydrogen) atoms. The van der Waals surface area contributed by atoms with E-state index in [4.69, 9.17) is 0 Å². The molecule has 2 aliphatic rings. The number of benzene rings is 2. The van der Waals surface area contributed by atoms with E-state index in [0.717, 1.165) is 12.8 Å². The summed E-state index contributed by atoms with van der Waals surface area (Å²) in [7, 11) is 0. The molecular weight excluding hydrogens is 294 g/mol. The van der Waals surface area contributed by atoms with Crippen LogP contribution >= 0.6 is 0 Å². The lowest BCUT2D eigenvalue weighted by atomic mass is 9.74. The van der Waals surface area contributed by atoms with Crippen molar-refractivity contribution < 1.29 is 4.79 Å². The van der Waals surface area contributed by atoms with Crippen LogP contribution in [0.25, 0.3) is 0 Å². The van der Waals surface area contributed by atoms with Crippen molar-refractivity contribution in [2.45, 2.75) is 51.1 Å². The number of hydrogen-bond donors (Lipinski definition) is 0. The van der Waals surface area contributed by atoms with E-state index in [1.165, 1.54) is 29.7 Å². The van der Waals surface area contributed by atoms with Crippen molar-refractivity contribution in [3.8, 4) is 0 Å². The van der Waals surface area contributed by atoms with Gasteiger partial charge in [0.15, 0.2) is 0 Å². The molecule has 1 saturated carbocycles. The summed E-state index contributed by atoms with van der Waals surface area (Å²) < 4.78 is 0. The smallest absolute Gasteiger partial charge is 0.140 e. The standard InChI is InChI=1S/C22H25NO/c1-16-11-13-18(14-12-16)23-20-10-6-5-9-19(20)22(24)15-21(23)17-7-3-2-4-8-17/h2-4,7-8,11-14,19-21H,5-6,9-10,15H2,1H3/t19-,20+,21+/m1/s1. The second-order valence-electron chi connectivity index (χ2n) is 7.30. The molecule has 0 spiro atoms. The van der Waals surface area contributed by atoms with Crippen LogP contribution in [0.5, 0.6) is 0 Å². The Hall–Kier alpha value is -2.09. The molecular formula is C22H25NO. The molecule has 2 aromatic carbocycles. The minimum Gasteiger partial charge on any atom is -0.360 e. The summed E-state index contributed by atoms with van der Waals surface area (Å²) >= 11 is 0. The Morgan fingerprint density at radius 1 is 0.917 bits per heavy atom. The van der Waals surface area contributed by atoms with Gasteiger partial charge in [0.25, 0.3) is 0 Å². The molecule has 0 radical (unpaired) electrons. The molecule has 1 aliphatic carbocycles. The Bertz CT molecular complexity index is 707. The third-order valence-corrected chi connectivity index (χ3v) is 5.75. The topological polar surface area (TPSA) is 20.3 Å². The van der Waals surface area contributed by atoms with Crippen molar-refractivity contribution in [2.24, 2.45) is 5.92 Å². The van der Waals surface area contributed by atoms with Crippen molar-refractivity contribution in [1.82, 2.24) is 0 Å². The number of ketones is 1. The Kier molecular flexibility index (Phi) is 4.13. The molecule has 2 nitrogen and oxygen atoms in total. The van der Waals surface area contributed by atoms with E-state index in [9.17, 15) is 4.79 Å². The van der Waals surface area contributed by atoms with Crippen molar-refractivity contribution in [3.05, 3.63) is 65.7 Å². The average Bonchev–Trinajstić information content (AvgIpc) is 2.63. The maximum absolute atomic E-state index is 12.8. The molecule has 0 unspecified atom stereocenters. The Morgan fingerprint density at radius 3 is 2.38 bits per heavy atom. The van der Waals surface area contributed by atoms with Gasteiger partial charge in [0.05, 0.1) is 6.04 Å². The largest absolute Gasteiger partial charge is 0.360 e. The molecule has 0 N–H and O–H groups in total. The molecule has 0 bridgehead atoms. The SMILES string of the molecule is Cc1ccc(N2[C@H](c3ccccc3)CC(=O)[C@@H]3CCCC[C@@H]32)cc1. The van der Waals surface area contributed by atoms with E-state index < -0.39 is 0 Å². The summed E-state index contributed by atoms with van der Waals surface area (Å²) in [4.78, 5) is 15.4. The molecule has 1 aliphatic heterocycles. The first kappa shape index (κ1) is 15.4. The summed E-state index contributed by atoms with van der Waals surface area (Å²) in [5, 5.41) is 0. The van der Waals surface area contributed by atoms with Crippen LogP contribution in [0.2, 0.25) is 0 Å². The number of Topliss-reactive ketones (excluding diaryl/α,β-unsaturated/α-hetero) is 1. The number of anilines is 1. The summed E-state index contributed by atoms with van der Waals surface area (Å²) in [6.07, 6.45) is 5.27. The van der Waals surface area contributed by atoms with Crippen LogP contribution in [0.4, 0.5) is 5.69 Å². The third kappa shape index (κ3) is 2.75. The Morgan fingerprint density at radius 2 is 1.62 bits per heavy atom. The van der Waals surface area contributed by atoms with Crippen LogP contribution in [-0.2, 0) is 4.79 Å². The number of nitrogens with zero attached hydrogens (tertiary/aromatic N) is 1. The van der Waals surface area contributed by atoms with E-state index >= 15 is 0 Å². The lowest BCUT2D eigenvalue weighted by molar-refractivity contribution is -0.126. The van der Waals surface area contributed by atoms with Gasteiger partial charge in [-0.2, -0.15) is 0 Å². The second-order valence-corrected chi connectivity index (χ2v) is 7.30. The van der Waals surface area contributed by atoms with Crippen LogP contribution in [0.1, 0.15) is 49.3 Å². The van der Waals surface area contributed by atoms with Crippen LogP contribution in [-0.4, -0.2) is 11.8 Å². The van der Waals surface area contributed by atoms with Gasteiger partial charge < -0.3 is 4.90 Å². The predicted molar refractivity (Wildman–Crippen MR) is 98.2 cm³/mol. The second kappa shape index (κ2) is 6.43. The van der Waals surface area contributed by atoms with Crippen LogP contribution in [0.15, 0.2) is 54.6 Å². The van der Waals surface area contributed by atoms with Crippen LogP contribution in [0.3, 0.4) is 0 Å². The van der Waals surface area contributed by atoms with Crippen molar-refractivity contribution >= 4 is 11.5 Å². The molecule has 2 heteroatoms. The van der Waals surface area contributed by atoms with Crippen LogP contribution in [0, 0.1) is 12.8 Å². The van der Waals surface area contributed by atoms with E-state index in [0.29, 0.717) is 18.2 Å². The summed E-state index contributed by atoms with van der Waals surface area (Å²) in [6.45, 7) is 2.13.